The van der Waals surface area contributed by atoms with Crippen molar-refractivity contribution < 1.29 is 0 Å². The number of nitrogens with zero attached hydrogens (tertiary/aromatic N) is 2. The van der Waals surface area contributed by atoms with Gasteiger partial charge < -0.3 is 5.32 Å². The van der Waals surface area contributed by atoms with Crippen molar-refractivity contribution in [3.05, 3.63) is 44.6 Å². The van der Waals surface area contributed by atoms with Crippen molar-refractivity contribution in [1.82, 2.24) is 9.78 Å². The van der Waals surface area contributed by atoms with Crippen LogP contribution in [-0.2, 0) is 19.5 Å². The SMILES string of the molecule is CCc1nn(CC)c(CNc2cc(Br)ccc2C)c1Cl. The Labute approximate surface area is 133 Å². The molecule has 5 heteroatoms. The molecule has 108 valence electrons. The third kappa shape index (κ3) is 3.18. The van der Waals surface area contributed by atoms with Crippen molar-refractivity contribution in [1.29, 1.82) is 0 Å². The molecule has 1 aromatic carbocycles. The summed E-state index contributed by atoms with van der Waals surface area (Å²) in [4.78, 5) is 0. The number of nitrogens with one attached hydrogen (secondary N) is 1. The second-order valence-electron chi connectivity index (χ2n) is 4.69. The first kappa shape index (κ1) is 15.4. The zero-order valence-electron chi connectivity index (χ0n) is 12.0. The molecule has 0 aliphatic heterocycles. The van der Waals surface area contributed by atoms with Crippen LogP contribution in [0.1, 0.15) is 30.8 Å². The van der Waals surface area contributed by atoms with Gasteiger partial charge in [-0.15, -0.1) is 0 Å². The van der Waals surface area contributed by atoms with E-state index in [-0.39, 0.29) is 0 Å². The van der Waals surface area contributed by atoms with E-state index in [1.165, 1.54) is 5.56 Å². The molecule has 0 saturated heterocycles. The molecule has 0 unspecified atom stereocenters. The molecular formula is C15H19BrClN3. The third-order valence-corrected chi connectivity index (χ3v) is 4.27. The van der Waals surface area contributed by atoms with Gasteiger partial charge in [0.25, 0.3) is 0 Å². The Bertz CT molecular complexity index is 607. The summed E-state index contributed by atoms with van der Waals surface area (Å²) in [6.07, 6.45) is 0.856. The summed E-state index contributed by atoms with van der Waals surface area (Å²) in [5.41, 5.74) is 4.33. The maximum atomic E-state index is 6.41. The minimum absolute atomic E-state index is 0.678. The summed E-state index contributed by atoms with van der Waals surface area (Å²) in [6.45, 7) is 7.75. The van der Waals surface area contributed by atoms with Crippen molar-refractivity contribution in [2.24, 2.45) is 0 Å². The normalized spacial score (nSPS) is 10.8. The Morgan fingerprint density at radius 3 is 2.75 bits per heavy atom. The van der Waals surface area contributed by atoms with Gasteiger partial charge in [0.05, 0.1) is 23.0 Å². The number of halogens is 2. The summed E-state index contributed by atoms with van der Waals surface area (Å²) < 4.78 is 3.04. The maximum absolute atomic E-state index is 6.41. The zero-order valence-corrected chi connectivity index (χ0v) is 14.3. The van der Waals surface area contributed by atoms with Crippen molar-refractivity contribution in [3.8, 4) is 0 Å². The zero-order chi connectivity index (χ0) is 14.7. The van der Waals surface area contributed by atoms with E-state index in [9.17, 15) is 0 Å². The minimum atomic E-state index is 0.678. The van der Waals surface area contributed by atoms with Gasteiger partial charge in [-0.3, -0.25) is 4.68 Å². The van der Waals surface area contributed by atoms with Crippen molar-refractivity contribution in [2.75, 3.05) is 5.32 Å². The van der Waals surface area contributed by atoms with Gasteiger partial charge >= 0.3 is 0 Å². The van der Waals surface area contributed by atoms with Gasteiger partial charge in [0, 0.05) is 16.7 Å². The fourth-order valence-electron chi connectivity index (χ4n) is 2.15. The summed E-state index contributed by atoms with van der Waals surface area (Å²) in [5.74, 6) is 0. The molecule has 3 nitrogen and oxygen atoms in total. The number of hydrogen-bond acceptors (Lipinski definition) is 2. The molecule has 0 aliphatic carbocycles. The minimum Gasteiger partial charge on any atom is -0.379 e. The first-order valence-corrected chi connectivity index (χ1v) is 7.98. The number of anilines is 1. The first-order valence-electron chi connectivity index (χ1n) is 6.80. The van der Waals surface area contributed by atoms with Gasteiger partial charge in [-0.1, -0.05) is 40.5 Å². The second-order valence-corrected chi connectivity index (χ2v) is 5.98. The van der Waals surface area contributed by atoms with E-state index < -0.39 is 0 Å². The maximum Gasteiger partial charge on any atom is 0.0868 e. The molecule has 0 amide bonds. The van der Waals surface area contributed by atoms with Crippen molar-refractivity contribution in [3.63, 3.8) is 0 Å². The van der Waals surface area contributed by atoms with E-state index in [2.05, 4.69) is 59.2 Å². The van der Waals surface area contributed by atoms with Gasteiger partial charge in [-0.2, -0.15) is 5.10 Å². The summed E-state index contributed by atoms with van der Waals surface area (Å²) >= 11 is 9.91. The smallest absolute Gasteiger partial charge is 0.0868 e. The Balaban J connectivity index is 2.22. The van der Waals surface area contributed by atoms with Gasteiger partial charge in [0.15, 0.2) is 0 Å². The lowest BCUT2D eigenvalue weighted by Gasteiger charge is -2.11. The number of benzene rings is 1. The predicted octanol–water partition coefficient (Wildman–Crippen LogP) is 4.80. The van der Waals surface area contributed by atoms with Gasteiger partial charge in [0.2, 0.25) is 0 Å². The number of aryl methyl sites for hydroxylation is 3. The highest BCUT2D eigenvalue weighted by atomic mass is 79.9. The van der Waals surface area contributed by atoms with Crippen LogP contribution in [0, 0.1) is 6.92 Å². The van der Waals surface area contributed by atoms with Crippen LogP contribution in [0.15, 0.2) is 22.7 Å². The summed E-state index contributed by atoms with van der Waals surface area (Å²) in [7, 11) is 0. The largest absolute Gasteiger partial charge is 0.379 e. The summed E-state index contributed by atoms with van der Waals surface area (Å²) in [6, 6.07) is 6.21. The van der Waals surface area contributed by atoms with Crippen LogP contribution in [0.2, 0.25) is 5.02 Å². The van der Waals surface area contributed by atoms with Crippen molar-refractivity contribution >= 4 is 33.2 Å². The molecule has 0 atom stereocenters. The third-order valence-electron chi connectivity index (χ3n) is 3.34. The van der Waals surface area contributed by atoms with Crippen LogP contribution in [0.25, 0.3) is 0 Å². The molecule has 0 bridgehead atoms. The van der Waals surface area contributed by atoms with E-state index in [1.54, 1.807) is 0 Å². The molecule has 1 N–H and O–H groups in total. The highest BCUT2D eigenvalue weighted by Crippen LogP contribution is 2.25. The second kappa shape index (κ2) is 6.64. The topological polar surface area (TPSA) is 29.9 Å². The standard InChI is InChI=1S/C15H19BrClN3/c1-4-12-15(17)14(20(5-2)19-12)9-18-13-8-11(16)7-6-10(13)3/h6-8,18H,4-5,9H2,1-3H3. The molecule has 1 aromatic heterocycles. The van der Waals surface area contributed by atoms with Crippen molar-refractivity contribution in [2.45, 2.75) is 40.3 Å². The van der Waals surface area contributed by atoms with E-state index in [1.807, 2.05) is 10.7 Å². The average Bonchev–Trinajstić information content (AvgIpc) is 2.75. The van der Waals surface area contributed by atoms with E-state index in [0.29, 0.717) is 6.54 Å². The van der Waals surface area contributed by atoms with Crippen LogP contribution in [0.3, 0.4) is 0 Å². The molecule has 2 aromatic rings. The van der Waals surface area contributed by atoms with E-state index in [0.717, 1.165) is 39.5 Å². The Morgan fingerprint density at radius 1 is 1.35 bits per heavy atom. The first-order chi connectivity index (χ1) is 9.56. The van der Waals surface area contributed by atoms with Crippen LogP contribution >= 0.6 is 27.5 Å². The molecule has 0 fully saturated rings. The molecule has 0 aliphatic rings. The monoisotopic (exact) mass is 355 g/mol. The van der Waals surface area contributed by atoms with Crippen LogP contribution < -0.4 is 5.32 Å². The van der Waals surface area contributed by atoms with Gasteiger partial charge in [-0.05, 0) is 38.0 Å². The average molecular weight is 357 g/mol. The molecule has 0 saturated carbocycles. The molecule has 1 heterocycles. The number of hydrogen-bond donors (Lipinski definition) is 1. The molecular weight excluding hydrogens is 338 g/mol. The lowest BCUT2D eigenvalue weighted by Crippen LogP contribution is -2.09. The predicted molar refractivity (Wildman–Crippen MR) is 88.5 cm³/mol. The van der Waals surface area contributed by atoms with Gasteiger partial charge in [0.1, 0.15) is 0 Å². The lowest BCUT2D eigenvalue weighted by molar-refractivity contribution is 0.619. The number of aromatic nitrogens is 2. The Kier molecular flexibility index (Phi) is 5.11. The number of rotatable bonds is 5. The highest BCUT2D eigenvalue weighted by molar-refractivity contribution is 9.10. The van der Waals surface area contributed by atoms with Crippen LogP contribution in [-0.4, -0.2) is 9.78 Å². The van der Waals surface area contributed by atoms with E-state index >= 15 is 0 Å². The van der Waals surface area contributed by atoms with E-state index in [4.69, 9.17) is 11.6 Å². The Morgan fingerprint density at radius 2 is 2.10 bits per heavy atom. The van der Waals surface area contributed by atoms with Crippen LogP contribution in [0.4, 0.5) is 5.69 Å². The fraction of sp³-hybridized carbons (Fsp3) is 0.400. The molecule has 2 rings (SSSR count). The summed E-state index contributed by atoms with van der Waals surface area (Å²) in [5, 5.41) is 8.77. The quantitative estimate of drug-likeness (QED) is 0.834. The van der Waals surface area contributed by atoms with Crippen LogP contribution in [0.5, 0.6) is 0 Å². The molecule has 0 radical (unpaired) electrons. The molecule has 0 spiro atoms. The van der Waals surface area contributed by atoms with Gasteiger partial charge in [-0.25, -0.2) is 0 Å². The lowest BCUT2D eigenvalue weighted by atomic mass is 10.2. The Hall–Kier alpha value is -1.00. The fourth-order valence-corrected chi connectivity index (χ4v) is 2.85. The molecule has 20 heavy (non-hydrogen) atoms. The highest BCUT2D eigenvalue weighted by Gasteiger charge is 2.14.